The lowest BCUT2D eigenvalue weighted by atomic mass is 9.91. The maximum atomic E-state index is 11.2. The van der Waals surface area contributed by atoms with Crippen molar-refractivity contribution in [3.05, 3.63) is 0 Å². The van der Waals surface area contributed by atoms with Crippen LogP contribution in [0.2, 0.25) is 0 Å². The summed E-state index contributed by atoms with van der Waals surface area (Å²) in [6.45, 7) is 2.47. The predicted octanol–water partition coefficient (Wildman–Crippen LogP) is -3.17. The normalized spacial score (nSPS) is 34.7. The molecule has 0 radical (unpaired) electrons. The van der Waals surface area contributed by atoms with E-state index in [4.69, 9.17) is 19.3 Å². The summed E-state index contributed by atoms with van der Waals surface area (Å²) < 4.78 is 20.8. The molecule has 0 aromatic heterocycles. The molecule has 1 rings (SSSR count). The van der Waals surface area contributed by atoms with Gasteiger partial charge in [-0.05, 0) is 6.92 Å². The molecule has 0 bridgehead atoms. The van der Waals surface area contributed by atoms with E-state index in [0.717, 1.165) is 6.92 Å². The summed E-state index contributed by atoms with van der Waals surface area (Å²) in [5.74, 6) is -0.542. The maximum absolute atomic E-state index is 11.2. The third kappa shape index (κ3) is 5.75. The highest BCUT2D eigenvalue weighted by Crippen LogP contribution is 2.36. The van der Waals surface area contributed by atoms with Crippen molar-refractivity contribution < 1.29 is 49.0 Å². The third-order valence-electron chi connectivity index (χ3n) is 3.26. The first-order valence-electron chi connectivity index (χ1n) is 6.75. The molecule has 1 amide bonds. The number of aliphatic hydroxyl groups is 4. The standard InChI is InChI=1S/C11H22NO10P/c1-4(13)6(12-5(2)14)10-8(16)7(15)9(17)11(22-10)21-3-23(18,19)20/h4,6-11,13,15-17H,3H2,1-2H3,(H,12,14)(H2,18,19,20)/t4-,6+,7-,8+,9+,10+,11+/m0/s1. The summed E-state index contributed by atoms with van der Waals surface area (Å²) in [4.78, 5) is 28.7. The molecule has 1 aliphatic rings. The number of nitrogens with one attached hydrogen (secondary N) is 1. The molecular formula is C11H22NO10P. The van der Waals surface area contributed by atoms with Crippen molar-refractivity contribution in [1.82, 2.24) is 5.32 Å². The monoisotopic (exact) mass is 359 g/mol. The van der Waals surface area contributed by atoms with E-state index in [0.29, 0.717) is 0 Å². The summed E-state index contributed by atoms with van der Waals surface area (Å²) in [5.41, 5.74) is 0. The van der Waals surface area contributed by atoms with Crippen molar-refractivity contribution in [2.24, 2.45) is 0 Å². The van der Waals surface area contributed by atoms with Crippen LogP contribution >= 0.6 is 7.60 Å². The quantitative estimate of drug-likeness (QED) is 0.239. The van der Waals surface area contributed by atoms with Gasteiger partial charge < -0.3 is 45.0 Å². The number of carbonyl (C=O) groups is 1. The first-order chi connectivity index (χ1) is 10.4. The van der Waals surface area contributed by atoms with Crippen LogP contribution in [0.5, 0.6) is 0 Å². The number of aliphatic hydroxyl groups excluding tert-OH is 4. The zero-order valence-corrected chi connectivity index (χ0v) is 13.4. The van der Waals surface area contributed by atoms with Crippen LogP contribution in [0.25, 0.3) is 0 Å². The molecule has 12 heteroatoms. The topological polar surface area (TPSA) is 186 Å². The van der Waals surface area contributed by atoms with Crippen LogP contribution in [-0.4, -0.2) is 85.3 Å². The van der Waals surface area contributed by atoms with Crippen LogP contribution in [0.15, 0.2) is 0 Å². The fourth-order valence-electron chi connectivity index (χ4n) is 2.19. The number of hydrogen-bond donors (Lipinski definition) is 7. The Morgan fingerprint density at radius 3 is 2.26 bits per heavy atom. The second-order valence-corrected chi connectivity index (χ2v) is 6.96. The molecule has 136 valence electrons. The van der Waals surface area contributed by atoms with Gasteiger partial charge in [-0.15, -0.1) is 0 Å². The van der Waals surface area contributed by atoms with Crippen LogP contribution in [0.1, 0.15) is 13.8 Å². The number of hydrogen-bond acceptors (Lipinski definition) is 8. The number of carbonyl (C=O) groups excluding carboxylic acids is 1. The van der Waals surface area contributed by atoms with Gasteiger partial charge in [0, 0.05) is 6.92 Å². The molecule has 1 heterocycles. The van der Waals surface area contributed by atoms with Crippen molar-refractivity contribution in [2.75, 3.05) is 6.35 Å². The molecule has 7 N–H and O–H groups in total. The molecule has 11 nitrogen and oxygen atoms in total. The lowest BCUT2D eigenvalue weighted by Crippen LogP contribution is -2.65. The Morgan fingerprint density at radius 2 is 1.83 bits per heavy atom. The zero-order valence-electron chi connectivity index (χ0n) is 12.5. The molecule has 0 aliphatic carbocycles. The Labute approximate surface area is 132 Å². The van der Waals surface area contributed by atoms with Gasteiger partial charge in [0.05, 0.1) is 12.1 Å². The van der Waals surface area contributed by atoms with E-state index < -0.39 is 62.7 Å². The first-order valence-corrected chi connectivity index (χ1v) is 8.55. The van der Waals surface area contributed by atoms with Gasteiger partial charge in [-0.3, -0.25) is 9.36 Å². The van der Waals surface area contributed by atoms with Crippen molar-refractivity contribution in [3.8, 4) is 0 Å². The molecule has 1 aliphatic heterocycles. The molecule has 7 atom stereocenters. The lowest BCUT2D eigenvalue weighted by molar-refractivity contribution is -0.300. The Morgan fingerprint density at radius 1 is 1.26 bits per heavy atom. The van der Waals surface area contributed by atoms with Crippen molar-refractivity contribution in [1.29, 1.82) is 0 Å². The van der Waals surface area contributed by atoms with Gasteiger partial charge in [0.2, 0.25) is 5.91 Å². The molecule has 0 spiro atoms. The van der Waals surface area contributed by atoms with Gasteiger partial charge >= 0.3 is 7.60 Å². The number of amides is 1. The number of rotatable bonds is 6. The first kappa shape index (κ1) is 20.4. The minimum Gasteiger partial charge on any atom is -0.391 e. The average Bonchev–Trinajstić information content (AvgIpc) is 2.40. The highest BCUT2D eigenvalue weighted by Gasteiger charge is 2.48. The van der Waals surface area contributed by atoms with Crippen molar-refractivity contribution in [2.45, 2.75) is 56.7 Å². The van der Waals surface area contributed by atoms with E-state index in [-0.39, 0.29) is 0 Å². The second-order valence-electron chi connectivity index (χ2n) is 5.37. The van der Waals surface area contributed by atoms with Gasteiger partial charge in [0.1, 0.15) is 24.4 Å². The van der Waals surface area contributed by atoms with Crippen LogP contribution < -0.4 is 5.32 Å². The minimum atomic E-state index is -4.56. The summed E-state index contributed by atoms with van der Waals surface area (Å²) in [7, 11) is -4.56. The second kappa shape index (κ2) is 7.97. The maximum Gasteiger partial charge on any atom is 0.351 e. The van der Waals surface area contributed by atoms with Gasteiger partial charge in [-0.2, -0.15) is 0 Å². The van der Waals surface area contributed by atoms with Crippen molar-refractivity contribution >= 4 is 13.5 Å². The van der Waals surface area contributed by atoms with E-state index in [1.807, 2.05) is 0 Å². The summed E-state index contributed by atoms with van der Waals surface area (Å²) >= 11 is 0. The van der Waals surface area contributed by atoms with Crippen LogP contribution in [0.4, 0.5) is 0 Å². The van der Waals surface area contributed by atoms with Crippen molar-refractivity contribution in [3.63, 3.8) is 0 Å². The van der Waals surface area contributed by atoms with E-state index >= 15 is 0 Å². The largest absolute Gasteiger partial charge is 0.391 e. The van der Waals surface area contributed by atoms with E-state index in [9.17, 15) is 29.8 Å². The SMILES string of the molecule is CC(=O)N[C@@H]([C@H]1O[C@@H](OCP(=O)(O)O)[C@H](O)[C@@H](O)[C@H]1O)[C@H](C)O. The van der Waals surface area contributed by atoms with Crippen LogP contribution in [-0.2, 0) is 18.8 Å². The summed E-state index contributed by atoms with van der Waals surface area (Å²) in [5, 5.41) is 41.6. The zero-order chi connectivity index (χ0) is 17.9. The summed E-state index contributed by atoms with van der Waals surface area (Å²) in [6, 6.07) is -1.15. The van der Waals surface area contributed by atoms with E-state index in [1.54, 1.807) is 0 Å². The van der Waals surface area contributed by atoms with Gasteiger partial charge in [0.15, 0.2) is 12.6 Å². The Balaban J connectivity index is 2.93. The van der Waals surface area contributed by atoms with E-state index in [2.05, 4.69) is 5.32 Å². The molecule has 0 aromatic rings. The Kier molecular flexibility index (Phi) is 7.08. The predicted molar refractivity (Wildman–Crippen MR) is 74.0 cm³/mol. The minimum absolute atomic E-state index is 0.542. The van der Waals surface area contributed by atoms with Gasteiger partial charge in [-0.1, -0.05) is 0 Å². The third-order valence-corrected chi connectivity index (χ3v) is 3.74. The fraction of sp³-hybridized carbons (Fsp3) is 0.909. The van der Waals surface area contributed by atoms with Crippen LogP contribution in [0.3, 0.4) is 0 Å². The number of ether oxygens (including phenoxy) is 2. The molecule has 1 saturated heterocycles. The lowest BCUT2D eigenvalue weighted by Gasteiger charge is -2.43. The molecule has 0 saturated carbocycles. The molecule has 0 aromatic carbocycles. The smallest absolute Gasteiger partial charge is 0.351 e. The molecule has 1 fully saturated rings. The molecular weight excluding hydrogens is 337 g/mol. The summed E-state index contributed by atoms with van der Waals surface area (Å²) in [6.07, 6.45) is -10.5. The fourth-order valence-corrected chi connectivity index (χ4v) is 2.53. The molecule has 0 unspecified atom stereocenters. The molecule has 23 heavy (non-hydrogen) atoms. The average molecular weight is 359 g/mol. The van der Waals surface area contributed by atoms with E-state index in [1.165, 1.54) is 6.92 Å². The van der Waals surface area contributed by atoms with Crippen LogP contribution in [0, 0.1) is 0 Å². The van der Waals surface area contributed by atoms with Gasteiger partial charge in [-0.25, -0.2) is 0 Å². The Bertz CT molecular complexity index is 454. The highest BCUT2D eigenvalue weighted by molar-refractivity contribution is 7.51. The Hall–Kier alpha value is -0.620. The van der Waals surface area contributed by atoms with Gasteiger partial charge in [0.25, 0.3) is 0 Å². The highest BCUT2D eigenvalue weighted by atomic mass is 31.2.